The van der Waals surface area contributed by atoms with Gasteiger partial charge in [0.25, 0.3) is 5.91 Å². The zero-order chi connectivity index (χ0) is 23.9. The van der Waals surface area contributed by atoms with Gasteiger partial charge in [-0.25, -0.2) is 9.07 Å². The Labute approximate surface area is 196 Å². The molecule has 0 spiro atoms. The molecule has 174 valence electrons. The van der Waals surface area contributed by atoms with Gasteiger partial charge in [0.05, 0.1) is 32.0 Å². The molecule has 0 saturated carbocycles. The van der Waals surface area contributed by atoms with Gasteiger partial charge in [0.2, 0.25) is 0 Å². The van der Waals surface area contributed by atoms with E-state index in [4.69, 9.17) is 14.2 Å². The molecule has 1 heterocycles. The minimum Gasteiger partial charge on any atom is -0.497 e. The molecule has 4 aromatic rings. The van der Waals surface area contributed by atoms with E-state index in [1.165, 1.54) is 12.1 Å². The van der Waals surface area contributed by atoms with Crippen LogP contribution in [0.3, 0.4) is 0 Å². The first-order valence-electron chi connectivity index (χ1n) is 10.6. The topological polar surface area (TPSA) is 74.6 Å². The highest BCUT2D eigenvalue weighted by atomic mass is 19.1. The van der Waals surface area contributed by atoms with Crippen LogP contribution >= 0.6 is 0 Å². The van der Waals surface area contributed by atoms with E-state index in [9.17, 15) is 9.18 Å². The van der Waals surface area contributed by atoms with Gasteiger partial charge < -0.3 is 19.5 Å². The van der Waals surface area contributed by atoms with Gasteiger partial charge in [0.1, 0.15) is 35.4 Å². The average Bonchev–Trinajstić information content (AvgIpc) is 3.32. The molecule has 34 heavy (non-hydrogen) atoms. The van der Waals surface area contributed by atoms with Crippen molar-refractivity contribution in [1.29, 1.82) is 0 Å². The molecule has 8 heteroatoms. The molecule has 0 aliphatic carbocycles. The third-order valence-corrected chi connectivity index (χ3v) is 5.09. The first-order chi connectivity index (χ1) is 16.6. The lowest BCUT2D eigenvalue weighted by atomic mass is 10.1. The number of carbonyl (C=O) groups excluding carboxylic acids is 1. The van der Waals surface area contributed by atoms with Crippen molar-refractivity contribution in [3.63, 3.8) is 0 Å². The first-order valence-corrected chi connectivity index (χ1v) is 10.6. The maximum atomic E-state index is 13.3. The normalized spacial score (nSPS) is 10.6. The van der Waals surface area contributed by atoms with Crippen molar-refractivity contribution in [2.45, 2.75) is 0 Å². The van der Waals surface area contributed by atoms with Crippen LogP contribution in [0.4, 0.5) is 4.39 Å². The number of nitrogens with zero attached hydrogens (tertiary/aromatic N) is 2. The molecule has 0 bridgehead atoms. The molecule has 7 nitrogen and oxygen atoms in total. The maximum absolute atomic E-state index is 13.3. The van der Waals surface area contributed by atoms with Crippen LogP contribution in [0.25, 0.3) is 16.9 Å². The van der Waals surface area contributed by atoms with Crippen molar-refractivity contribution < 1.29 is 23.4 Å². The molecule has 0 radical (unpaired) electrons. The Morgan fingerprint density at radius 2 is 1.79 bits per heavy atom. The number of para-hydroxylation sites is 1. The predicted octanol–water partition coefficient (Wildman–Crippen LogP) is 4.50. The minimum absolute atomic E-state index is 0.180. The number of carbonyl (C=O) groups is 1. The van der Waals surface area contributed by atoms with E-state index < -0.39 is 0 Å². The fourth-order valence-corrected chi connectivity index (χ4v) is 3.44. The lowest BCUT2D eigenvalue weighted by Crippen LogP contribution is -2.28. The highest BCUT2D eigenvalue weighted by Gasteiger charge is 2.22. The summed E-state index contributed by atoms with van der Waals surface area (Å²) in [7, 11) is 3.13. The Balaban J connectivity index is 1.60. The highest BCUT2D eigenvalue weighted by Crippen LogP contribution is 2.35. The lowest BCUT2D eigenvalue weighted by Gasteiger charge is -2.11. The zero-order valence-electron chi connectivity index (χ0n) is 18.8. The van der Waals surface area contributed by atoms with Crippen LogP contribution in [-0.2, 0) is 0 Å². The van der Waals surface area contributed by atoms with Crippen LogP contribution in [0.1, 0.15) is 10.4 Å². The molecule has 0 unspecified atom stereocenters. The summed E-state index contributed by atoms with van der Waals surface area (Å²) in [5.74, 6) is 0.854. The second-order valence-corrected chi connectivity index (χ2v) is 7.30. The fourth-order valence-electron chi connectivity index (χ4n) is 3.44. The molecular formula is C26H24FN3O4. The Bertz CT molecular complexity index is 1270. The minimum atomic E-state index is -0.383. The lowest BCUT2D eigenvalue weighted by molar-refractivity contribution is 0.0947. The van der Waals surface area contributed by atoms with E-state index in [1.54, 1.807) is 55.4 Å². The van der Waals surface area contributed by atoms with Crippen LogP contribution in [0.5, 0.6) is 17.2 Å². The quantitative estimate of drug-likeness (QED) is 0.372. The summed E-state index contributed by atoms with van der Waals surface area (Å²) >= 11 is 0. The number of hydrogen-bond donors (Lipinski definition) is 1. The molecule has 1 N–H and O–H groups in total. The summed E-state index contributed by atoms with van der Waals surface area (Å²) in [6, 6.07) is 20.7. The average molecular weight is 461 g/mol. The predicted molar refractivity (Wildman–Crippen MR) is 126 cm³/mol. The number of hydrogen-bond acceptors (Lipinski definition) is 5. The van der Waals surface area contributed by atoms with Crippen LogP contribution in [0.15, 0.2) is 79.0 Å². The Morgan fingerprint density at radius 3 is 2.53 bits per heavy atom. The summed E-state index contributed by atoms with van der Waals surface area (Å²) < 4.78 is 31.4. The molecule has 0 aliphatic rings. The van der Waals surface area contributed by atoms with E-state index in [0.29, 0.717) is 34.1 Å². The second-order valence-electron chi connectivity index (χ2n) is 7.30. The van der Waals surface area contributed by atoms with Gasteiger partial charge in [-0.15, -0.1) is 0 Å². The summed E-state index contributed by atoms with van der Waals surface area (Å²) in [6.45, 7) is 0.403. The highest BCUT2D eigenvalue weighted by molar-refractivity contribution is 6.00. The molecule has 0 saturated heterocycles. The molecular weight excluding hydrogens is 437 g/mol. The van der Waals surface area contributed by atoms with E-state index in [0.717, 1.165) is 5.69 Å². The standard InChI is InChI=1S/C26H24FN3O4/c1-32-20-11-12-24(33-2)22(16-20)25-23(17-30(29-25)19-8-4-3-5-9-19)26(31)28-13-14-34-21-10-6-7-18(27)15-21/h3-12,15-17H,13-14H2,1-2H3,(H,28,31). The van der Waals surface area contributed by atoms with Crippen LogP contribution in [0.2, 0.25) is 0 Å². The zero-order valence-corrected chi connectivity index (χ0v) is 18.8. The van der Waals surface area contributed by atoms with Gasteiger partial charge in [-0.2, -0.15) is 5.10 Å². The molecule has 0 fully saturated rings. The summed E-state index contributed by atoms with van der Waals surface area (Å²) in [5, 5.41) is 7.53. The molecule has 0 aliphatic heterocycles. The first kappa shape index (κ1) is 22.8. The van der Waals surface area contributed by atoms with Crippen molar-refractivity contribution in [3.05, 3.63) is 90.4 Å². The van der Waals surface area contributed by atoms with Crippen molar-refractivity contribution in [3.8, 4) is 34.2 Å². The SMILES string of the molecule is COc1ccc(OC)c(-c2nn(-c3ccccc3)cc2C(=O)NCCOc2cccc(F)c2)c1. The van der Waals surface area contributed by atoms with Crippen LogP contribution < -0.4 is 19.5 Å². The van der Waals surface area contributed by atoms with E-state index in [-0.39, 0.29) is 24.9 Å². The van der Waals surface area contributed by atoms with Gasteiger partial charge in [-0.1, -0.05) is 24.3 Å². The number of benzene rings is 3. The van der Waals surface area contributed by atoms with Crippen molar-refractivity contribution in [2.24, 2.45) is 0 Å². The molecule has 1 amide bonds. The third-order valence-electron chi connectivity index (χ3n) is 5.09. The number of aromatic nitrogens is 2. The summed E-state index contributed by atoms with van der Waals surface area (Å²) in [6.07, 6.45) is 1.67. The Hall–Kier alpha value is -4.33. The summed E-state index contributed by atoms with van der Waals surface area (Å²) in [4.78, 5) is 13.2. The van der Waals surface area contributed by atoms with Crippen LogP contribution in [0, 0.1) is 5.82 Å². The van der Waals surface area contributed by atoms with E-state index in [1.807, 2.05) is 30.3 Å². The van der Waals surface area contributed by atoms with Gasteiger partial charge in [-0.05, 0) is 42.5 Å². The molecule has 0 atom stereocenters. The molecule has 1 aromatic heterocycles. The summed E-state index contributed by atoms with van der Waals surface area (Å²) in [5.41, 5.74) is 2.24. The van der Waals surface area contributed by atoms with Crippen molar-refractivity contribution in [1.82, 2.24) is 15.1 Å². The van der Waals surface area contributed by atoms with Gasteiger partial charge in [0, 0.05) is 17.8 Å². The number of methoxy groups -OCH3 is 2. The smallest absolute Gasteiger partial charge is 0.255 e. The van der Waals surface area contributed by atoms with Gasteiger partial charge in [-0.3, -0.25) is 4.79 Å². The number of amides is 1. The van der Waals surface area contributed by atoms with E-state index >= 15 is 0 Å². The largest absolute Gasteiger partial charge is 0.497 e. The number of rotatable bonds is 9. The van der Waals surface area contributed by atoms with Crippen LogP contribution in [-0.4, -0.2) is 43.1 Å². The van der Waals surface area contributed by atoms with Crippen molar-refractivity contribution in [2.75, 3.05) is 27.4 Å². The maximum Gasteiger partial charge on any atom is 0.255 e. The number of ether oxygens (including phenoxy) is 3. The van der Waals surface area contributed by atoms with Gasteiger partial charge >= 0.3 is 0 Å². The third kappa shape index (κ3) is 5.17. The number of nitrogens with one attached hydrogen (secondary N) is 1. The number of halogens is 1. The molecule has 3 aromatic carbocycles. The Kier molecular flexibility index (Phi) is 7.07. The molecule has 4 rings (SSSR count). The van der Waals surface area contributed by atoms with Gasteiger partial charge in [0.15, 0.2) is 0 Å². The Morgan fingerprint density at radius 1 is 0.971 bits per heavy atom. The fraction of sp³-hybridized carbons (Fsp3) is 0.154. The van der Waals surface area contributed by atoms with Crippen molar-refractivity contribution >= 4 is 5.91 Å². The second kappa shape index (κ2) is 10.5. The monoisotopic (exact) mass is 461 g/mol. The van der Waals surface area contributed by atoms with E-state index in [2.05, 4.69) is 10.4 Å².